The van der Waals surface area contributed by atoms with Crippen molar-refractivity contribution in [1.29, 1.82) is 10.5 Å². The molecular weight excluding hydrogens is 238 g/mol. The van der Waals surface area contributed by atoms with E-state index in [1.165, 1.54) is 0 Å². The summed E-state index contributed by atoms with van der Waals surface area (Å²) in [6, 6.07) is 13.5. The van der Waals surface area contributed by atoms with Crippen LogP contribution < -0.4 is 11.5 Å². The average molecular weight is 249 g/mol. The van der Waals surface area contributed by atoms with Crippen LogP contribution in [-0.4, -0.2) is 4.98 Å². The van der Waals surface area contributed by atoms with Crippen molar-refractivity contribution in [3.05, 3.63) is 52.6 Å². The van der Waals surface area contributed by atoms with Crippen LogP contribution in [0.2, 0.25) is 0 Å². The molecule has 5 heteroatoms. The molecule has 1 aromatic carbocycles. The minimum absolute atomic E-state index is 0.0601. The van der Waals surface area contributed by atoms with Gasteiger partial charge in [0, 0.05) is 6.42 Å². The normalized spacial score (nSPS) is 9.58. The summed E-state index contributed by atoms with van der Waals surface area (Å²) in [4.78, 5) is 3.83. The smallest absolute Gasteiger partial charge is 0.144 e. The maximum atomic E-state index is 9.17. The Morgan fingerprint density at radius 1 is 0.947 bits per heavy atom. The van der Waals surface area contributed by atoms with Gasteiger partial charge in [0.05, 0.1) is 11.1 Å². The first-order valence-electron chi connectivity index (χ1n) is 5.59. The number of rotatable bonds is 2. The molecule has 0 aliphatic heterocycles. The van der Waals surface area contributed by atoms with Gasteiger partial charge in [-0.05, 0) is 11.1 Å². The Bertz CT molecular complexity index is 654. The van der Waals surface area contributed by atoms with E-state index in [0.717, 1.165) is 5.56 Å². The number of pyridine rings is 1. The van der Waals surface area contributed by atoms with Gasteiger partial charge in [-0.15, -0.1) is 0 Å². The number of hydrogen-bond acceptors (Lipinski definition) is 5. The monoisotopic (exact) mass is 249 g/mol. The molecule has 1 aromatic heterocycles. The predicted octanol–water partition coefficient (Wildman–Crippen LogP) is 1.58. The zero-order valence-corrected chi connectivity index (χ0v) is 10.1. The van der Waals surface area contributed by atoms with E-state index in [9.17, 15) is 0 Å². The first-order valence-corrected chi connectivity index (χ1v) is 5.59. The van der Waals surface area contributed by atoms with Crippen molar-refractivity contribution in [2.24, 2.45) is 0 Å². The largest absolute Gasteiger partial charge is 0.383 e. The lowest BCUT2D eigenvalue weighted by molar-refractivity contribution is 1.14. The molecule has 1 heterocycles. The maximum Gasteiger partial charge on any atom is 0.144 e. The van der Waals surface area contributed by atoms with E-state index in [-0.39, 0.29) is 22.8 Å². The molecule has 0 unspecified atom stereocenters. The highest BCUT2D eigenvalue weighted by molar-refractivity contribution is 5.66. The van der Waals surface area contributed by atoms with Crippen LogP contribution in [0.4, 0.5) is 11.6 Å². The standard InChI is InChI=1S/C14H11N5/c15-7-11-10(6-9-4-2-1-3-5-9)12(8-16)14(18)19-13(11)17/h1-5H,6H2,(H4,17,18,19). The number of nitrogens with zero attached hydrogens (tertiary/aromatic N) is 3. The Labute approximate surface area is 110 Å². The molecule has 5 nitrogen and oxygen atoms in total. The van der Waals surface area contributed by atoms with Crippen molar-refractivity contribution in [1.82, 2.24) is 4.98 Å². The molecule has 0 aliphatic carbocycles. The van der Waals surface area contributed by atoms with E-state index >= 15 is 0 Å². The van der Waals surface area contributed by atoms with E-state index in [1.807, 2.05) is 42.5 Å². The van der Waals surface area contributed by atoms with Gasteiger partial charge in [-0.1, -0.05) is 30.3 Å². The molecule has 2 aromatic rings. The Hall–Kier alpha value is -3.05. The second-order valence-corrected chi connectivity index (χ2v) is 4.00. The van der Waals surface area contributed by atoms with Crippen LogP contribution in [-0.2, 0) is 6.42 Å². The number of nitrogen functional groups attached to an aromatic ring is 2. The molecule has 0 atom stereocenters. The van der Waals surface area contributed by atoms with Crippen LogP contribution in [0, 0.1) is 22.7 Å². The van der Waals surface area contributed by atoms with Gasteiger partial charge in [-0.3, -0.25) is 0 Å². The van der Waals surface area contributed by atoms with Gasteiger partial charge in [0.15, 0.2) is 0 Å². The zero-order valence-electron chi connectivity index (χ0n) is 10.1. The number of anilines is 2. The van der Waals surface area contributed by atoms with Crippen LogP contribution in [0.3, 0.4) is 0 Å². The predicted molar refractivity (Wildman–Crippen MR) is 71.7 cm³/mol. The van der Waals surface area contributed by atoms with Crippen LogP contribution in [0.1, 0.15) is 22.3 Å². The van der Waals surface area contributed by atoms with Gasteiger partial charge < -0.3 is 11.5 Å². The highest BCUT2D eigenvalue weighted by Crippen LogP contribution is 2.25. The molecule has 4 N–H and O–H groups in total. The fraction of sp³-hybridized carbons (Fsp3) is 0.0714. The number of hydrogen-bond donors (Lipinski definition) is 2. The van der Waals surface area contributed by atoms with E-state index in [1.54, 1.807) is 0 Å². The highest BCUT2D eigenvalue weighted by atomic mass is 14.9. The van der Waals surface area contributed by atoms with Crippen molar-refractivity contribution in [3.63, 3.8) is 0 Å². The second-order valence-electron chi connectivity index (χ2n) is 4.00. The zero-order chi connectivity index (χ0) is 13.8. The maximum absolute atomic E-state index is 9.17. The van der Waals surface area contributed by atoms with E-state index in [4.69, 9.17) is 22.0 Å². The third kappa shape index (κ3) is 2.31. The Morgan fingerprint density at radius 2 is 1.47 bits per heavy atom. The first kappa shape index (κ1) is 12.4. The number of aromatic nitrogens is 1. The van der Waals surface area contributed by atoms with Crippen molar-refractivity contribution in [2.45, 2.75) is 6.42 Å². The molecule has 0 amide bonds. The molecular formula is C14H11N5. The lowest BCUT2D eigenvalue weighted by Crippen LogP contribution is -2.08. The highest BCUT2D eigenvalue weighted by Gasteiger charge is 2.17. The van der Waals surface area contributed by atoms with Crippen LogP contribution in [0.25, 0.3) is 0 Å². The molecule has 19 heavy (non-hydrogen) atoms. The van der Waals surface area contributed by atoms with Gasteiger partial charge >= 0.3 is 0 Å². The Balaban J connectivity index is 2.62. The summed E-state index contributed by atoms with van der Waals surface area (Å²) in [6.45, 7) is 0. The second kappa shape index (κ2) is 5.07. The van der Waals surface area contributed by atoms with Gasteiger partial charge in [0.25, 0.3) is 0 Å². The van der Waals surface area contributed by atoms with Crippen molar-refractivity contribution < 1.29 is 0 Å². The molecule has 0 radical (unpaired) electrons. The number of benzene rings is 1. The van der Waals surface area contributed by atoms with Crippen molar-refractivity contribution in [2.75, 3.05) is 11.5 Å². The molecule has 0 saturated heterocycles. The van der Waals surface area contributed by atoms with Crippen molar-refractivity contribution >= 4 is 11.6 Å². The van der Waals surface area contributed by atoms with Gasteiger partial charge in [0.2, 0.25) is 0 Å². The Kier molecular flexibility index (Phi) is 3.31. The lowest BCUT2D eigenvalue weighted by atomic mass is 9.96. The molecule has 0 saturated carbocycles. The van der Waals surface area contributed by atoms with Crippen LogP contribution in [0.5, 0.6) is 0 Å². The summed E-state index contributed by atoms with van der Waals surface area (Å²) in [5.74, 6) is 0.120. The quantitative estimate of drug-likeness (QED) is 0.838. The molecule has 2 rings (SSSR count). The lowest BCUT2D eigenvalue weighted by Gasteiger charge is -2.10. The summed E-state index contributed by atoms with van der Waals surface area (Å²) in [5.41, 5.74) is 13.3. The summed E-state index contributed by atoms with van der Waals surface area (Å²) in [7, 11) is 0. The summed E-state index contributed by atoms with van der Waals surface area (Å²) < 4.78 is 0. The summed E-state index contributed by atoms with van der Waals surface area (Å²) in [5, 5.41) is 18.3. The van der Waals surface area contributed by atoms with E-state index in [2.05, 4.69) is 4.98 Å². The summed E-state index contributed by atoms with van der Waals surface area (Å²) in [6.07, 6.45) is 0.420. The van der Waals surface area contributed by atoms with Gasteiger partial charge in [0.1, 0.15) is 23.8 Å². The molecule has 0 spiro atoms. The molecule has 0 aliphatic rings. The fourth-order valence-electron chi connectivity index (χ4n) is 1.90. The fourth-order valence-corrected chi connectivity index (χ4v) is 1.90. The average Bonchev–Trinajstić information content (AvgIpc) is 2.40. The van der Waals surface area contributed by atoms with E-state index in [0.29, 0.717) is 12.0 Å². The SMILES string of the molecule is N#Cc1c(N)nc(N)c(C#N)c1Cc1ccccc1. The molecule has 92 valence electrons. The van der Waals surface area contributed by atoms with Crippen LogP contribution in [0.15, 0.2) is 30.3 Å². The van der Waals surface area contributed by atoms with E-state index < -0.39 is 0 Å². The van der Waals surface area contributed by atoms with Gasteiger partial charge in [-0.2, -0.15) is 10.5 Å². The topological polar surface area (TPSA) is 113 Å². The number of nitriles is 2. The van der Waals surface area contributed by atoms with Gasteiger partial charge in [-0.25, -0.2) is 4.98 Å². The van der Waals surface area contributed by atoms with Crippen LogP contribution >= 0.6 is 0 Å². The first-order chi connectivity index (χ1) is 9.17. The molecule has 0 fully saturated rings. The summed E-state index contributed by atoms with van der Waals surface area (Å²) >= 11 is 0. The Morgan fingerprint density at radius 3 is 1.95 bits per heavy atom. The third-order valence-corrected chi connectivity index (χ3v) is 2.80. The third-order valence-electron chi connectivity index (χ3n) is 2.80. The number of nitrogens with two attached hydrogens (primary N) is 2. The van der Waals surface area contributed by atoms with Crippen molar-refractivity contribution in [3.8, 4) is 12.1 Å². The minimum Gasteiger partial charge on any atom is -0.383 e. The minimum atomic E-state index is 0.0601. The molecule has 0 bridgehead atoms.